The van der Waals surface area contributed by atoms with E-state index in [-0.39, 0.29) is 12.6 Å². The van der Waals surface area contributed by atoms with Crippen molar-refractivity contribution in [3.8, 4) is 0 Å². The van der Waals surface area contributed by atoms with Gasteiger partial charge in [0.2, 0.25) is 0 Å². The van der Waals surface area contributed by atoms with Crippen LogP contribution in [0.15, 0.2) is 0 Å². The number of nitrogens with one attached hydrogen (secondary N) is 1. The third kappa shape index (κ3) is 1.46. The van der Waals surface area contributed by atoms with Gasteiger partial charge < -0.3 is 20.6 Å². The van der Waals surface area contributed by atoms with Gasteiger partial charge >= 0.3 is 0 Å². The molecule has 0 aromatic rings. The molecular weight excluding hydrogens is 134 g/mol. The molecule has 0 aliphatic carbocycles. The van der Waals surface area contributed by atoms with Crippen molar-refractivity contribution in [3.05, 3.63) is 0 Å². The van der Waals surface area contributed by atoms with Gasteiger partial charge in [-0.1, -0.05) is 0 Å². The molecule has 0 radical (unpaired) electrons. The van der Waals surface area contributed by atoms with Crippen LogP contribution in [0.25, 0.3) is 0 Å². The predicted molar refractivity (Wildman–Crippen MR) is 35.5 cm³/mol. The zero-order valence-electron chi connectivity index (χ0n) is 5.70. The second-order valence-electron chi connectivity index (χ2n) is 2.59. The van der Waals surface area contributed by atoms with Crippen molar-refractivity contribution in [3.63, 3.8) is 0 Å². The van der Waals surface area contributed by atoms with E-state index >= 15 is 0 Å². The summed E-state index contributed by atoms with van der Waals surface area (Å²) in [4.78, 5) is 0. The van der Waals surface area contributed by atoms with Gasteiger partial charge in [-0.2, -0.15) is 0 Å². The van der Waals surface area contributed by atoms with Gasteiger partial charge in [0.1, 0.15) is 0 Å². The molecule has 3 atom stereocenters. The molecule has 60 valence electrons. The third-order valence-corrected chi connectivity index (χ3v) is 1.84. The van der Waals surface area contributed by atoms with Crippen molar-refractivity contribution in [2.24, 2.45) is 0 Å². The average Bonchev–Trinajstić information content (AvgIpc) is 2.34. The first-order chi connectivity index (χ1) is 4.75. The molecule has 1 saturated heterocycles. The molecule has 0 unspecified atom stereocenters. The van der Waals surface area contributed by atoms with Crippen molar-refractivity contribution >= 4 is 0 Å². The SMILES string of the molecule is OC[C@@H](O)[C@@H]1NCC[C@@H]1O. The molecule has 1 heterocycles. The van der Waals surface area contributed by atoms with Crippen LogP contribution in [-0.2, 0) is 0 Å². The quantitative estimate of drug-likeness (QED) is 0.367. The molecule has 1 fully saturated rings. The highest BCUT2D eigenvalue weighted by molar-refractivity contribution is 4.88. The lowest BCUT2D eigenvalue weighted by Gasteiger charge is -2.18. The average molecular weight is 147 g/mol. The minimum absolute atomic E-state index is 0.297. The van der Waals surface area contributed by atoms with E-state index in [1.54, 1.807) is 0 Å². The molecule has 0 bridgehead atoms. The van der Waals surface area contributed by atoms with Gasteiger partial charge in [0, 0.05) is 0 Å². The van der Waals surface area contributed by atoms with Gasteiger partial charge in [0.25, 0.3) is 0 Å². The zero-order chi connectivity index (χ0) is 7.56. The molecule has 1 aliphatic rings. The highest BCUT2D eigenvalue weighted by Gasteiger charge is 2.30. The summed E-state index contributed by atoms with van der Waals surface area (Å²) in [6, 6.07) is -0.343. The largest absolute Gasteiger partial charge is 0.394 e. The number of hydrogen-bond donors (Lipinski definition) is 4. The van der Waals surface area contributed by atoms with Crippen LogP contribution >= 0.6 is 0 Å². The van der Waals surface area contributed by atoms with Crippen molar-refractivity contribution in [1.82, 2.24) is 5.32 Å². The first-order valence-electron chi connectivity index (χ1n) is 3.46. The Bertz CT molecular complexity index is 109. The topological polar surface area (TPSA) is 72.7 Å². The van der Waals surface area contributed by atoms with Gasteiger partial charge in [-0.15, -0.1) is 0 Å². The highest BCUT2D eigenvalue weighted by atomic mass is 16.3. The molecule has 1 rings (SSSR count). The summed E-state index contributed by atoms with van der Waals surface area (Å²) in [5.74, 6) is 0. The Balaban J connectivity index is 2.38. The van der Waals surface area contributed by atoms with Gasteiger partial charge in [-0.25, -0.2) is 0 Å². The summed E-state index contributed by atoms with van der Waals surface area (Å²) in [5, 5.41) is 29.6. The van der Waals surface area contributed by atoms with Gasteiger partial charge in [0.15, 0.2) is 0 Å². The lowest BCUT2D eigenvalue weighted by Crippen LogP contribution is -2.43. The fraction of sp³-hybridized carbons (Fsp3) is 1.00. The molecule has 1 aliphatic heterocycles. The molecule has 4 N–H and O–H groups in total. The van der Waals surface area contributed by atoms with Crippen molar-refractivity contribution in [2.75, 3.05) is 13.2 Å². The van der Waals surface area contributed by atoms with Crippen molar-refractivity contribution < 1.29 is 15.3 Å². The standard InChI is InChI=1S/C6H13NO3/c8-3-5(10)6-4(9)1-2-7-6/h4-10H,1-3H2/t4-,5+,6+/m0/s1. The van der Waals surface area contributed by atoms with Crippen LogP contribution in [0.2, 0.25) is 0 Å². The summed E-state index contributed by atoms with van der Waals surface area (Å²) in [7, 11) is 0. The first kappa shape index (κ1) is 7.94. The summed E-state index contributed by atoms with van der Waals surface area (Å²) in [6.45, 7) is 0.414. The minimum atomic E-state index is -0.836. The molecule has 0 saturated carbocycles. The number of aliphatic hydroxyl groups excluding tert-OH is 3. The maximum atomic E-state index is 9.16. The molecule has 0 aromatic carbocycles. The van der Waals surface area contributed by atoms with Crippen LogP contribution in [0.5, 0.6) is 0 Å². The fourth-order valence-electron chi connectivity index (χ4n) is 1.22. The van der Waals surface area contributed by atoms with Gasteiger partial charge in [-0.05, 0) is 13.0 Å². The molecule has 0 spiro atoms. The van der Waals surface area contributed by atoms with E-state index in [4.69, 9.17) is 15.3 Å². The summed E-state index contributed by atoms with van der Waals surface area (Å²) in [5.41, 5.74) is 0. The number of hydrogen-bond acceptors (Lipinski definition) is 4. The Hall–Kier alpha value is -0.160. The second kappa shape index (κ2) is 3.30. The Morgan fingerprint density at radius 3 is 2.70 bits per heavy atom. The zero-order valence-corrected chi connectivity index (χ0v) is 5.70. The molecule has 0 amide bonds. The molecular formula is C6H13NO3. The Morgan fingerprint density at radius 1 is 1.60 bits per heavy atom. The second-order valence-corrected chi connectivity index (χ2v) is 2.59. The van der Waals surface area contributed by atoms with Crippen LogP contribution < -0.4 is 5.32 Å². The van der Waals surface area contributed by atoms with Gasteiger partial charge in [0.05, 0.1) is 24.9 Å². The van der Waals surface area contributed by atoms with E-state index in [9.17, 15) is 0 Å². The lowest BCUT2D eigenvalue weighted by atomic mass is 10.1. The molecule has 0 aromatic heterocycles. The predicted octanol–water partition coefficient (Wildman–Crippen LogP) is -1.94. The van der Waals surface area contributed by atoms with Crippen LogP contribution in [0.1, 0.15) is 6.42 Å². The van der Waals surface area contributed by atoms with Crippen LogP contribution in [-0.4, -0.2) is 46.7 Å². The normalized spacial score (nSPS) is 36.3. The van der Waals surface area contributed by atoms with Gasteiger partial charge in [-0.3, -0.25) is 0 Å². The maximum Gasteiger partial charge on any atom is 0.0948 e. The van der Waals surface area contributed by atoms with Crippen molar-refractivity contribution in [2.45, 2.75) is 24.7 Å². The van der Waals surface area contributed by atoms with E-state index in [1.165, 1.54) is 0 Å². The lowest BCUT2D eigenvalue weighted by molar-refractivity contribution is 0.0256. The molecule has 4 heteroatoms. The Kier molecular flexibility index (Phi) is 2.62. The van der Waals surface area contributed by atoms with E-state index in [2.05, 4.69) is 5.32 Å². The summed E-state index contributed by atoms with van der Waals surface area (Å²) in [6.07, 6.45) is -0.693. The summed E-state index contributed by atoms with van der Waals surface area (Å²) >= 11 is 0. The molecule has 4 nitrogen and oxygen atoms in total. The Labute approximate surface area is 59.5 Å². The van der Waals surface area contributed by atoms with Crippen LogP contribution in [0.4, 0.5) is 0 Å². The van der Waals surface area contributed by atoms with Crippen LogP contribution in [0.3, 0.4) is 0 Å². The highest BCUT2D eigenvalue weighted by Crippen LogP contribution is 2.09. The van der Waals surface area contributed by atoms with E-state index < -0.39 is 12.2 Å². The summed E-state index contributed by atoms with van der Waals surface area (Å²) < 4.78 is 0. The van der Waals surface area contributed by atoms with Crippen molar-refractivity contribution in [1.29, 1.82) is 0 Å². The third-order valence-electron chi connectivity index (χ3n) is 1.84. The number of rotatable bonds is 2. The molecule has 10 heavy (non-hydrogen) atoms. The maximum absolute atomic E-state index is 9.16. The minimum Gasteiger partial charge on any atom is -0.394 e. The van der Waals surface area contributed by atoms with E-state index in [0.717, 1.165) is 0 Å². The Morgan fingerprint density at radius 2 is 2.30 bits per heavy atom. The monoisotopic (exact) mass is 147 g/mol. The van der Waals surface area contributed by atoms with E-state index in [0.29, 0.717) is 13.0 Å². The fourth-order valence-corrected chi connectivity index (χ4v) is 1.22. The van der Waals surface area contributed by atoms with E-state index in [1.807, 2.05) is 0 Å². The smallest absolute Gasteiger partial charge is 0.0948 e. The number of aliphatic hydroxyl groups is 3. The van der Waals surface area contributed by atoms with Crippen LogP contribution in [0, 0.1) is 0 Å². The first-order valence-corrected chi connectivity index (χ1v) is 3.46.